The van der Waals surface area contributed by atoms with Gasteiger partial charge in [-0.05, 0) is 17.7 Å². The maximum absolute atomic E-state index is 5.87. The molecule has 0 aliphatic heterocycles. The lowest BCUT2D eigenvalue weighted by atomic mass is 10.1. The van der Waals surface area contributed by atoms with Crippen LogP contribution in [-0.4, -0.2) is 0 Å². The zero-order chi connectivity index (χ0) is 9.42. The topological polar surface area (TPSA) is 26.0 Å². The number of anilines is 1. The lowest BCUT2D eigenvalue weighted by molar-refractivity contribution is 1.47. The second-order valence-corrected chi connectivity index (χ2v) is 4.76. The average molecular weight is 274 g/mol. The molecule has 0 saturated heterocycles. The van der Waals surface area contributed by atoms with Crippen molar-refractivity contribution < 1.29 is 0 Å². The van der Waals surface area contributed by atoms with Crippen LogP contribution in [0, 0.1) is 0 Å². The van der Waals surface area contributed by atoms with Crippen molar-refractivity contribution in [2.75, 3.05) is 5.73 Å². The molecule has 2 aromatic rings. The third kappa shape index (κ3) is 1.58. The van der Waals surface area contributed by atoms with Crippen molar-refractivity contribution in [2.24, 2.45) is 0 Å². The van der Waals surface area contributed by atoms with Gasteiger partial charge in [-0.1, -0.05) is 15.9 Å². The van der Waals surface area contributed by atoms with Crippen LogP contribution in [-0.2, 0) is 5.33 Å². The van der Waals surface area contributed by atoms with Gasteiger partial charge in [-0.25, -0.2) is 0 Å². The van der Waals surface area contributed by atoms with Crippen molar-refractivity contribution in [3.63, 3.8) is 0 Å². The van der Waals surface area contributed by atoms with E-state index in [2.05, 4.69) is 34.6 Å². The van der Waals surface area contributed by atoms with Gasteiger partial charge in [0.1, 0.15) is 0 Å². The highest BCUT2D eigenvalue weighted by atomic mass is 79.9. The molecule has 0 bridgehead atoms. The van der Waals surface area contributed by atoms with Gasteiger partial charge in [-0.15, -0.1) is 24.0 Å². The van der Waals surface area contributed by atoms with Crippen LogP contribution in [0.3, 0.4) is 0 Å². The van der Waals surface area contributed by atoms with Crippen LogP contribution in [0.5, 0.6) is 0 Å². The van der Waals surface area contributed by atoms with Crippen LogP contribution in [0.4, 0.5) is 5.69 Å². The number of fused-ring (bicyclic) bond motifs is 1. The summed E-state index contributed by atoms with van der Waals surface area (Å²) < 4.78 is 1.24. The van der Waals surface area contributed by atoms with Crippen molar-refractivity contribution in [2.45, 2.75) is 10.2 Å². The summed E-state index contributed by atoms with van der Waals surface area (Å²) in [6, 6.07) is 4.11. The zero-order valence-corrected chi connectivity index (χ0v) is 10.0. The number of hydrogen-bond donors (Lipinski definition) is 2. The van der Waals surface area contributed by atoms with Crippen LogP contribution in [0.2, 0.25) is 0 Å². The van der Waals surface area contributed by atoms with E-state index in [9.17, 15) is 0 Å². The molecular weight excluding hydrogens is 266 g/mol. The molecule has 1 aromatic heterocycles. The third-order valence-electron chi connectivity index (χ3n) is 1.96. The first-order valence-electron chi connectivity index (χ1n) is 3.77. The maximum Gasteiger partial charge on any atom is 0.0362 e. The van der Waals surface area contributed by atoms with Crippen molar-refractivity contribution >= 4 is 55.7 Å². The number of alkyl halides is 1. The Morgan fingerprint density at radius 3 is 2.92 bits per heavy atom. The van der Waals surface area contributed by atoms with Gasteiger partial charge in [0.25, 0.3) is 0 Å². The Labute approximate surface area is 94.5 Å². The summed E-state index contributed by atoms with van der Waals surface area (Å²) in [6.45, 7) is 0. The quantitative estimate of drug-likeness (QED) is 0.463. The second kappa shape index (κ2) is 3.52. The van der Waals surface area contributed by atoms with Crippen LogP contribution < -0.4 is 5.73 Å². The fourth-order valence-corrected chi connectivity index (χ4v) is 3.01. The van der Waals surface area contributed by atoms with Gasteiger partial charge >= 0.3 is 0 Å². The van der Waals surface area contributed by atoms with E-state index < -0.39 is 0 Å². The Morgan fingerprint density at radius 1 is 1.46 bits per heavy atom. The Bertz CT molecular complexity index is 450. The number of benzene rings is 1. The van der Waals surface area contributed by atoms with Crippen molar-refractivity contribution in [1.29, 1.82) is 0 Å². The van der Waals surface area contributed by atoms with Crippen LogP contribution in [0.1, 0.15) is 5.56 Å². The van der Waals surface area contributed by atoms with Crippen LogP contribution in [0.25, 0.3) is 10.1 Å². The molecule has 0 unspecified atom stereocenters. The molecule has 1 nitrogen and oxygen atoms in total. The monoisotopic (exact) mass is 273 g/mol. The lowest BCUT2D eigenvalue weighted by Gasteiger charge is -2.01. The summed E-state index contributed by atoms with van der Waals surface area (Å²) in [5, 5.41) is 3.98. The SMILES string of the molecule is Nc1cc2c(S)csc2cc1CBr. The van der Waals surface area contributed by atoms with Gasteiger partial charge in [-0.3, -0.25) is 0 Å². The van der Waals surface area contributed by atoms with Crippen molar-refractivity contribution in [1.82, 2.24) is 0 Å². The van der Waals surface area contributed by atoms with Gasteiger partial charge < -0.3 is 5.73 Å². The van der Waals surface area contributed by atoms with Gasteiger partial charge in [0.05, 0.1) is 0 Å². The van der Waals surface area contributed by atoms with E-state index in [0.29, 0.717) is 0 Å². The van der Waals surface area contributed by atoms with E-state index >= 15 is 0 Å². The predicted molar refractivity (Wildman–Crippen MR) is 66.1 cm³/mol. The molecule has 1 heterocycles. The first-order chi connectivity index (χ1) is 6.22. The van der Waals surface area contributed by atoms with Gasteiger partial charge in [0, 0.05) is 31.4 Å². The standard InChI is InChI=1S/C9H8BrNS2/c10-3-5-1-9-6(2-7(5)11)8(12)4-13-9/h1-2,4,12H,3,11H2. The van der Waals surface area contributed by atoms with Crippen LogP contribution in [0.15, 0.2) is 22.4 Å². The number of nitrogen functional groups attached to an aromatic ring is 1. The first-order valence-corrected chi connectivity index (χ1v) is 6.21. The molecule has 0 amide bonds. The number of rotatable bonds is 1. The fourth-order valence-electron chi connectivity index (χ4n) is 1.23. The van der Waals surface area contributed by atoms with Crippen molar-refractivity contribution in [3.05, 3.63) is 23.1 Å². The summed E-state index contributed by atoms with van der Waals surface area (Å²) in [5.41, 5.74) is 7.84. The Hall–Kier alpha value is -0.190. The van der Waals surface area contributed by atoms with E-state index in [0.717, 1.165) is 26.9 Å². The Morgan fingerprint density at radius 2 is 2.23 bits per heavy atom. The zero-order valence-electron chi connectivity index (χ0n) is 6.75. The minimum atomic E-state index is 0.800. The number of thiophene rings is 1. The molecular formula is C9H8BrNS2. The molecule has 0 aliphatic rings. The molecule has 0 saturated carbocycles. The second-order valence-electron chi connectivity index (χ2n) is 2.80. The number of hydrogen-bond acceptors (Lipinski definition) is 3. The molecule has 68 valence electrons. The molecule has 0 atom stereocenters. The number of thiol groups is 1. The van der Waals surface area contributed by atoms with E-state index in [1.807, 2.05) is 11.4 Å². The van der Waals surface area contributed by atoms with Gasteiger partial charge in [0.2, 0.25) is 0 Å². The molecule has 0 spiro atoms. The normalized spacial score (nSPS) is 10.9. The molecule has 13 heavy (non-hydrogen) atoms. The molecule has 0 fully saturated rings. The van der Waals surface area contributed by atoms with E-state index in [4.69, 9.17) is 5.73 Å². The van der Waals surface area contributed by atoms with Gasteiger partial charge in [0.15, 0.2) is 0 Å². The maximum atomic E-state index is 5.87. The molecule has 0 aliphatic carbocycles. The number of halogens is 1. The largest absolute Gasteiger partial charge is 0.398 e. The summed E-state index contributed by atoms with van der Waals surface area (Å²) in [5.74, 6) is 0. The minimum absolute atomic E-state index is 0.800. The average Bonchev–Trinajstić information content (AvgIpc) is 2.47. The van der Waals surface area contributed by atoms with Crippen molar-refractivity contribution in [3.8, 4) is 0 Å². The van der Waals surface area contributed by atoms with E-state index in [1.165, 1.54) is 4.70 Å². The highest BCUT2D eigenvalue weighted by molar-refractivity contribution is 9.08. The minimum Gasteiger partial charge on any atom is -0.398 e. The fraction of sp³-hybridized carbons (Fsp3) is 0.111. The molecule has 4 heteroatoms. The van der Waals surface area contributed by atoms with Gasteiger partial charge in [-0.2, -0.15) is 0 Å². The highest BCUT2D eigenvalue weighted by Crippen LogP contribution is 2.32. The summed E-state index contributed by atoms with van der Waals surface area (Å²) in [6.07, 6.45) is 0. The van der Waals surface area contributed by atoms with E-state index in [1.54, 1.807) is 11.3 Å². The molecule has 0 radical (unpaired) electrons. The summed E-state index contributed by atoms with van der Waals surface area (Å²) >= 11 is 9.46. The van der Waals surface area contributed by atoms with Crippen LogP contribution >= 0.6 is 39.9 Å². The molecule has 2 rings (SSSR count). The molecule has 1 aromatic carbocycles. The molecule has 2 N–H and O–H groups in total. The predicted octanol–water partition coefficient (Wildman–Crippen LogP) is 3.67. The first kappa shape index (κ1) is 9.37. The lowest BCUT2D eigenvalue weighted by Crippen LogP contribution is -1.90. The number of nitrogens with two attached hydrogens (primary N) is 1. The smallest absolute Gasteiger partial charge is 0.0362 e. The highest BCUT2D eigenvalue weighted by Gasteiger charge is 2.04. The summed E-state index contributed by atoms with van der Waals surface area (Å²) in [4.78, 5) is 1.01. The summed E-state index contributed by atoms with van der Waals surface area (Å²) in [7, 11) is 0. The third-order valence-corrected chi connectivity index (χ3v) is 4.05. The Balaban J connectivity index is 2.76. The Kier molecular flexibility index (Phi) is 2.53. The van der Waals surface area contributed by atoms with E-state index in [-0.39, 0.29) is 0 Å².